The summed E-state index contributed by atoms with van der Waals surface area (Å²) in [5.74, 6) is 0.637. The highest BCUT2D eigenvalue weighted by atomic mass is 19.1. The van der Waals surface area contributed by atoms with Crippen LogP contribution in [0.25, 0.3) is 22.4 Å². The van der Waals surface area contributed by atoms with Crippen molar-refractivity contribution in [1.82, 2.24) is 19.9 Å². The number of anilines is 2. The summed E-state index contributed by atoms with van der Waals surface area (Å²) in [6, 6.07) is 11.4. The van der Waals surface area contributed by atoms with Gasteiger partial charge >= 0.3 is 0 Å². The lowest BCUT2D eigenvalue weighted by atomic mass is 10.1. The molecule has 1 amide bonds. The quantitative estimate of drug-likeness (QED) is 0.394. The Morgan fingerprint density at radius 3 is 2.63 bits per heavy atom. The minimum absolute atomic E-state index is 0.143. The van der Waals surface area contributed by atoms with Crippen molar-refractivity contribution in [2.24, 2.45) is 0 Å². The van der Waals surface area contributed by atoms with Crippen LogP contribution in [0.15, 0.2) is 47.3 Å². The zero-order valence-corrected chi connectivity index (χ0v) is 19.2. The molecule has 0 saturated carbocycles. The molecule has 5 rings (SSSR count). The van der Waals surface area contributed by atoms with E-state index in [1.54, 1.807) is 37.3 Å². The fraction of sp³-hybridized carbons (Fsp3) is 0.280. The highest BCUT2D eigenvalue weighted by Gasteiger charge is 2.17. The minimum Gasteiger partial charge on any atom is -0.378 e. The van der Waals surface area contributed by atoms with Crippen molar-refractivity contribution >= 4 is 28.6 Å². The molecule has 2 aromatic heterocycles. The molecule has 0 atom stereocenters. The van der Waals surface area contributed by atoms with Gasteiger partial charge in [0.2, 0.25) is 11.9 Å². The number of imidazole rings is 1. The molecule has 0 bridgehead atoms. The largest absolute Gasteiger partial charge is 0.378 e. The maximum atomic E-state index is 13.2. The number of rotatable bonds is 6. The first-order chi connectivity index (χ1) is 17.0. The average Bonchev–Trinajstić information content (AvgIpc) is 3.28. The summed E-state index contributed by atoms with van der Waals surface area (Å²) in [6.45, 7) is 4.34. The van der Waals surface area contributed by atoms with Gasteiger partial charge < -0.3 is 19.9 Å². The Kier molecular flexibility index (Phi) is 6.28. The van der Waals surface area contributed by atoms with Crippen LogP contribution >= 0.6 is 0 Å². The van der Waals surface area contributed by atoms with E-state index in [0.29, 0.717) is 55.0 Å². The molecule has 9 nitrogen and oxygen atoms in total. The van der Waals surface area contributed by atoms with Gasteiger partial charge in [0, 0.05) is 42.0 Å². The van der Waals surface area contributed by atoms with Crippen LogP contribution in [-0.2, 0) is 16.0 Å². The number of ether oxygens (including phenoxy) is 1. The Balaban J connectivity index is 1.24. The summed E-state index contributed by atoms with van der Waals surface area (Å²) in [7, 11) is 0. The fourth-order valence-electron chi connectivity index (χ4n) is 4.11. The number of carbonyl (C=O) groups is 1. The predicted octanol–water partition coefficient (Wildman–Crippen LogP) is 3.17. The second-order valence-electron chi connectivity index (χ2n) is 8.43. The van der Waals surface area contributed by atoms with Crippen LogP contribution in [0.1, 0.15) is 17.7 Å². The number of hydrogen-bond acceptors (Lipinski definition) is 6. The Labute approximate surface area is 200 Å². The molecule has 4 aromatic rings. The lowest BCUT2D eigenvalue weighted by Crippen LogP contribution is -2.38. The molecule has 0 aliphatic carbocycles. The van der Waals surface area contributed by atoms with Gasteiger partial charge in [0.05, 0.1) is 24.2 Å². The fourth-order valence-corrected chi connectivity index (χ4v) is 4.11. The standard InChI is InChI=1S/C25H25FN6O3/c1-15-19(24(34)31-25(27-15)32-10-12-35-13-11-32)7-9-22(33)28-18-6-8-20-21(14-18)30-23(29-20)16-2-4-17(26)5-3-16/h2-6,8,14H,7,9-13H2,1H3,(H,28,33)(H,29,30)(H,27,31,34). The first kappa shape index (κ1) is 22.7. The third kappa shape index (κ3) is 5.07. The topological polar surface area (TPSA) is 116 Å². The molecule has 0 spiro atoms. The number of benzene rings is 2. The van der Waals surface area contributed by atoms with Crippen LogP contribution in [-0.4, -0.2) is 52.1 Å². The third-order valence-electron chi connectivity index (χ3n) is 6.01. The van der Waals surface area contributed by atoms with Gasteiger partial charge in [0.15, 0.2) is 0 Å². The normalized spacial score (nSPS) is 13.8. The van der Waals surface area contributed by atoms with Crippen LogP contribution in [0.4, 0.5) is 16.0 Å². The van der Waals surface area contributed by atoms with E-state index in [-0.39, 0.29) is 30.1 Å². The lowest BCUT2D eigenvalue weighted by molar-refractivity contribution is -0.116. The molecule has 10 heteroatoms. The number of amides is 1. The molecule has 2 aromatic carbocycles. The van der Waals surface area contributed by atoms with Crippen LogP contribution < -0.4 is 15.8 Å². The van der Waals surface area contributed by atoms with Crippen molar-refractivity contribution < 1.29 is 13.9 Å². The molecule has 1 aliphatic heterocycles. The van der Waals surface area contributed by atoms with Gasteiger partial charge in [-0.05, 0) is 55.8 Å². The smallest absolute Gasteiger partial charge is 0.255 e. The van der Waals surface area contributed by atoms with Crippen LogP contribution in [0.3, 0.4) is 0 Å². The summed E-state index contributed by atoms with van der Waals surface area (Å²) in [5.41, 5.74) is 3.76. The van der Waals surface area contributed by atoms with E-state index in [4.69, 9.17) is 4.74 Å². The van der Waals surface area contributed by atoms with Crippen molar-refractivity contribution in [2.75, 3.05) is 36.5 Å². The van der Waals surface area contributed by atoms with Crippen LogP contribution in [0.2, 0.25) is 0 Å². The second kappa shape index (κ2) is 9.67. The SMILES string of the molecule is Cc1nc(N2CCOCC2)[nH]c(=O)c1CCC(=O)Nc1ccc2nc(-c3ccc(F)cc3)[nH]c2c1. The number of nitrogens with one attached hydrogen (secondary N) is 3. The molecule has 1 aliphatic rings. The van der Waals surface area contributed by atoms with Gasteiger partial charge in [-0.15, -0.1) is 0 Å². The van der Waals surface area contributed by atoms with Gasteiger partial charge in [-0.2, -0.15) is 0 Å². The number of aromatic amines is 2. The van der Waals surface area contributed by atoms with Gasteiger partial charge in [0.25, 0.3) is 5.56 Å². The number of aryl methyl sites for hydroxylation is 1. The number of nitrogens with zero attached hydrogens (tertiary/aromatic N) is 3. The predicted molar refractivity (Wildman–Crippen MR) is 131 cm³/mol. The van der Waals surface area contributed by atoms with Crippen molar-refractivity contribution in [2.45, 2.75) is 19.8 Å². The summed E-state index contributed by atoms with van der Waals surface area (Å²) >= 11 is 0. The van der Waals surface area contributed by atoms with E-state index in [2.05, 4.69) is 25.3 Å². The van der Waals surface area contributed by atoms with Gasteiger partial charge in [-0.1, -0.05) is 0 Å². The van der Waals surface area contributed by atoms with Crippen molar-refractivity contribution in [1.29, 1.82) is 0 Å². The molecule has 180 valence electrons. The van der Waals surface area contributed by atoms with Gasteiger partial charge in [-0.25, -0.2) is 14.4 Å². The molecule has 0 radical (unpaired) electrons. The van der Waals surface area contributed by atoms with Crippen molar-refractivity contribution in [3.05, 3.63) is 69.9 Å². The minimum atomic E-state index is -0.309. The van der Waals surface area contributed by atoms with Gasteiger partial charge in [-0.3, -0.25) is 14.6 Å². The maximum absolute atomic E-state index is 13.2. The number of aromatic nitrogens is 4. The number of carbonyl (C=O) groups excluding carboxylic acids is 1. The number of fused-ring (bicyclic) bond motifs is 1. The van der Waals surface area contributed by atoms with Crippen molar-refractivity contribution in [3.63, 3.8) is 0 Å². The highest BCUT2D eigenvalue weighted by molar-refractivity contribution is 5.93. The number of hydrogen-bond donors (Lipinski definition) is 3. The van der Waals surface area contributed by atoms with E-state index >= 15 is 0 Å². The van der Waals surface area contributed by atoms with E-state index in [9.17, 15) is 14.0 Å². The zero-order chi connectivity index (χ0) is 24.4. The maximum Gasteiger partial charge on any atom is 0.255 e. The first-order valence-electron chi connectivity index (χ1n) is 11.4. The Morgan fingerprint density at radius 1 is 1.11 bits per heavy atom. The van der Waals surface area contributed by atoms with Gasteiger partial charge in [0.1, 0.15) is 11.6 Å². The molecule has 0 unspecified atom stereocenters. The Morgan fingerprint density at radius 2 is 1.89 bits per heavy atom. The molecular formula is C25H25FN6O3. The second-order valence-corrected chi connectivity index (χ2v) is 8.43. The number of morpholine rings is 1. The number of halogens is 1. The van der Waals surface area contributed by atoms with Crippen LogP contribution in [0.5, 0.6) is 0 Å². The Hall–Kier alpha value is -4.05. The molecule has 35 heavy (non-hydrogen) atoms. The molecule has 3 heterocycles. The van der Waals surface area contributed by atoms with E-state index in [0.717, 1.165) is 16.6 Å². The monoisotopic (exact) mass is 476 g/mol. The molecule has 3 N–H and O–H groups in total. The van der Waals surface area contributed by atoms with E-state index < -0.39 is 0 Å². The summed E-state index contributed by atoms with van der Waals surface area (Å²) in [6.07, 6.45) is 0.425. The third-order valence-corrected chi connectivity index (χ3v) is 6.01. The van der Waals surface area contributed by atoms with E-state index in [1.807, 2.05) is 4.90 Å². The summed E-state index contributed by atoms with van der Waals surface area (Å²) < 4.78 is 18.5. The Bertz CT molecular complexity index is 1420. The molecular weight excluding hydrogens is 451 g/mol. The summed E-state index contributed by atoms with van der Waals surface area (Å²) in [4.78, 5) is 42.3. The van der Waals surface area contributed by atoms with Crippen LogP contribution in [0, 0.1) is 12.7 Å². The zero-order valence-electron chi connectivity index (χ0n) is 19.2. The molecule has 1 fully saturated rings. The molecule has 1 saturated heterocycles. The first-order valence-corrected chi connectivity index (χ1v) is 11.4. The summed E-state index contributed by atoms with van der Waals surface area (Å²) in [5, 5.41) is 2.87. The highest BCUT2D eigenvalue weighted by Crippen LogP contribution is 2.23. The lowest BCUT2D eigenvalue weighted by Gasteiger charge is -2.27. The van der Waals surface area contributed by atoms with E-state index in [1.165, 1.54) is 12.1 Å². The number of H-pyrrole nitrogens is 2. The van der Waals surface area contributed by atoms with Crippen molar-refractivity contribution in [3.8, 4) is 11.4 Å². The average molecular weight is 477 g/mol.